The van der Waals surface area contributed by atoms with Gasteiger partial charge in [-0.05, 0) is 40.9 Å². The second kappa shape index (κ2) is 6.76. The molecule has 0 radical (unpaired) electrons. The van der Waals surface area contributed by atoms with Crippen LogP contribution in [-0.4, -0.2) is 27.5 Å². The second-order valence-corrected chi connectivity index (χ2v) is 5.65. The highest BCUT2D eigenvalue weighted by Gasteiger charge is 2.18. The molecular formula is C15H16BrN3O2. The standard InChI is InChI=1S/C15H16BrN3O2/c1-4-21-15(20)11-8-18-14(19-13(11)9(2)3)12-6-5-10(16)7-17-12/h5-9H,4H2,1-3H3. The molecule has 0 bridgehead atoms. The van der Waals surface area contributed by atoms with E-state index in [2.05, 4.69) is 30.9 Å². The highest BCUT2D eigenvalue weighted by Crippen LogP contribution is 2.22. The summed E-state index contributed by atoms with van der Waals surface area (Å²) >= 11 is 3.34. The van der Waals surface area contributed by atoms with Gasteiger partial charge in [0.25, 0.3) is 0 Å². The number of carbonyl (C=O) groups is 1. The fraction of sp³-hybridized carbons (Fsp3) is 0.333. The van der Waals surface area contributed by atoms with E-state index < -0.39 is 5.97 Å². The molecule has 0 atom stereocenters. The molecule has 0 spiro atoms. The summed E-state index contributed by atoms with van der Waals surface area (Å²) in [5.41, 5.74) is 1.74. The normalized spacial score (nSPS) is 10.7. The third-order valence-electron chi connectivity index (χ3n) is 2.82. The van der Waals surface area contributed by atoms with E-state index >= 15 is 0 Å². The molecule has 2 aromatic heterocycles. The van der Waals surface area contributed by atoms with E-state index in [0.717, 1.165) is 4.47 Å². The maximum absolute atomic E-state index is 11.9. The zero-order chi connectivity index (χ0) is 15.4. The van der Waals surface area contributed by atoms with Gasteiger partial charge >= 0.3 is 5.97 Å². The van der Waals surface area contributed by atoms with Crippen molar-refractivity contribution >= 4 is 21.9 Å². The fourth-order valence-corrected chi connectivity index (χ4v) is 2.07. The number of pyridine rings is 1. The Kier molecular flexibility index (Phi) is 5.01. The average molecular weight is 350 g/mol. The van der Waals surface area contributed by atoms with Gasteiger partial charge in [-0.1, -0.05) is 13.8 Å². The zero-order valence-electron chi connectivity index (χ0n) is 12.1. The number of esters is 1. The minimum atomic E-state index is -0.392. The summed E-state index contributed by atoms with van der Waals surface area (Å²) in [6.45, 7) is 6.05. The van der Waals surface area contributed by atoms with Crippen molar-refractivity contribution in [2.24, 2.45) is 0 Å². The number of aromatic nitrogens is 3. The van der Waals surface area contributed by atoms with Gasteiger partial charge in [0.1, 0.15) is 5.69 Å². The smallest absolute Gasteiger partial charge is 0.341 e. The Labute approximate surface area is 131 Å². The number of hydrogen-bond donors (Lipinski definition) is 0. The van der Waals surface area contributed by atoms with Crippen LogP contribution in [0.4, 0.5) is 0 Å². The number of hydrogen-bond acceptors (Lipinski definition) is 5. The van der Waals surface area contributed by atoms with Crippen LogP contribution in [-0.2, 0) is 4.74 Å². The van der Waals surface area contributed by atoms with Crippen molar-refractivity contribution < 1.29 is 9.53 Å². The van der Waals surface area contributed by atoms with Crippen molar-refractivity contribution in [3.8, 4) is 11.5 Å². The van der Waals surface area contributed by atoms with Crippen LogP contribution in [0.15, 0.2) is 29.0 Å². The van der Waals surface area contributed by atoms with E-state index in [-0.39, 0.29) is 5.92 Å². The van der Waals surface area contributed by atoms with Crippen LogP contribution in [0.3, 0.4) is 0 Å². The van der Waals surface area contributed by atoms with Crippen molar-refractivity contribution in [2.75, 3.05) is 6.61 Å². The average Bonchev–Trinajstić information content (AvgIpc) is 2.47. The van der Waals surface area contributed by atoms with Gasteiger partial charge in [-0.3, -0.25) is 4.98 Å². The molecule has 0 aliphatic heterocycles. The minimum absolute atomic E-state index is 0.0848. The largest absolute Gasteiger partial charge is 0.462 e. The van der Waals surface area contributed by atoms with Crippen LogP contribution >= 0.6 is 15.9 Å². The summed E-state index contributed by atoms with van der Waals surface area (Å²) in [6, 6.07) is 3.70. The molecule has 0 aliphatic rings. The molecule has 0 amide bonds. The Morgan fingerprint density at radius 1 is 1.29 bits per heavy atom. The Hall–Kier alpha value is -1.82. The molecule has 2 rings (SSSR count). The summed E-state index contributed by atoms with van der Waals surface area (Å²) < 4.78 is 5.93. The molecule has 0 aromatic carbocycles. The summed E-state index contributed by atoms with van der Waals surface area (Å²) in [6.07, 6.45) is 3.20. The van der Waals surface area contributed by atoms with E-state index in [0.29, 0.717) is 29.4 Å². The molecule has 0 fully saturated rings. The Morgan fingerprint density at radius 3 is 2.62 bits per heavy atom. The lowest BCUT2D eigenvalue weighted by molar-refractivity contribution is 0.0523. The van der Waals surface area contributed by atoms with Crippen LogP contribution in [0.25, 0.3) is 11.5 Å². The lowest BCUT2D eigenvalue weighted by Gasteiger charge is -2.11. The van der Waals surface area contributed by atoms with Crippen molar-refractivity contribution in [2.45, 2.75) is 26.7 Å². The predicted octanol–water partition coefficient (Wildman–Crippen LogP) is 3.60. The topological polar surface area (TPSA) is 65.0 Å². The number of nitrogens with zero attached hydrogens (tertiary/aromatic N) is 3. The second-order valence-electron chi connectivity index (χ2n) is 4.73. The van der Waals surface area contributed by atoms with Gasteiger partial charge in [0, 0.05) is 16.9 Å². The van der Waals surface area contributed by atoms with Crippen molar-refractivity contribution in [3.05, 3.63) is 40.3 Å². The van der Waals surface area contributed by atoms with Gasteiger partial charge in [0.2, 0.25) is 0 Å². The Balaban J connectivity index is 2.45. The number of rotatable bonds is 4. The molecule has 6 heteroatoms. The first kappa shape index (κ1) is 15.6. The molecule has 5 nitrogen and oxygen atoms in total. The lowest BCUT2D eigenvalue weighted by atomic mass is 10.1. The van der Waals surface area contributed by atoms with Crippen molar-refractivity contribution in [1.82, 2.24) is 15.0 Å². The first-order valence-corrected chi connectivity index (χ1v) is 7.48. The minimum Gasteiger partial charge on any atom is -0.462 e. The first-order valence-electron chi connectivity index (χ1n) is 6.69. The molecule has 0 unspecified atom stereocenters. The molecule has 21 heavy (non-hydrogen) atoms. The van der Waals surface area contributed by atoms with E-state index in [1.807, 2.05) is 26.0 Å². The van der Waals surface area contributed by atoms with Gasteiger partial charge < -0.3 is 4.74 Å². The van der Waals surface area contributed by atoms with Crippen LogP contribution in [0.2, 0.25) is 0 Å². The summed E-state index contributed by atoms with van der Waals surface area (Å²) in [4.78, 5) is 24.9. The highest BCUT2D eigenvalue weighted by molar-refractivity contribution is 9.10. The molecule has 2 aromatic rings. The molecular weight excluding hydrogens is 334 g/mol. The quantitative estimate of drug-likeness (QED) is 0.789. The van der Waals surface area contributed by atoms with Crippen molar-refractivity contribution in [1.29, 1.82) is 0 Å². The monoisotopic (exact) mass is 349 g/mol. The van der Waals surface area contributed by atoms with Crippen LogP contribution in [0.5, 0.6) is 0 Å². The number of ether oxygens (including phenoxy) is 1. The van der Waals surface area contributed by atoms with Gasteiger partial charge in [0.05, 0.1) is 17.9 Å². The predicted molar refractivity (Wildman–Crippen MR) is 83.0 cm³/mol. The SMILES string of the molecule is CCOC(=O)c1cnc(-c2ccc(Br)cn2)nc1C(C)C. The molecule has 0 N–H and O–H groups in total. The van der Waals surface area contributed by atoms with Crippen molar-refractivity contribution in [3.63, 3.8) is 0 Å². The molecule has 0 aliphatic carbocycles. The third kappa shape index (κ3) is 3.64. The maximum atomic E-state index is 11.9. The lowest BCUT2D eigenvalue weighted by Crippen LogP contribution is -2.12. The molecule has 0 saturated carbocycles. The summed E-state index contributed by atoms with van der Waals surface area (Å²) in [5, 5.41) is 0. The van der Waals surface area contributed by atoms with Crippen LogP contribution in [0.1, 0.15) is 42.7 Å². The molecule has 2 heterocycles. The molecule has 110 valence electrons. The van der Waals surface area contributed by atoms with E-state index in [1.54, 1.807) is 13.1 Å². The zero-order valence-corrected chi connectivity index (χ0v) is 13.7. The van der Waals surface area contributed by atoms with Gasteiger partial charge in [-0.2, -0.15) is 0 Å². The van der Waals surface area contributed by atoms with Crippen LogP contribution in [0, 0.1) is 0 Å². The van der Waals surface area contributed by atoms with E-state index in [4.69, 9.17) is 4.74 Å². The number of carbonyl (C=O) groups excluding carboxylic acids is 1. The molecule has 0 saturated heterocycles. The van der Waals surface area contributed by atoms with E-state index in [1.165, 1.54) is 6.20 Å². The third-order valence-corrected chi connectivity index (χ3v) is 3.29. The van der Waals surface area contributed by atoms with Gasteiger partial charge in [0.15, 0.2) is 5.82 Å². The summed E-state index contributed by atoms with van der Waals surface area (Å²) in [7, 11) is 0. The Bertz CT molecular complexity index is 642. The number of halogens is 1. The first-order chi connectivity index (χ1) is 10.0. The highest BCUT2D eigenvalue weighted by atomic mass is 79.9. The van der Waals surface area contributed by atoms with Gasteiger partial charge in [-0.15, -0.1) is 0 Å². The summed E-state index contributed by atoms with van der Waals surface area (Å²) in [5.74, 6) is 0.192. The Morgan fingerprint density at radius 2 is 2.05 bits per heavy atom. The van der Waals surface area contributed by atoms with Crippen LogP contribution < -0.4 is 0 Å². The van der Waals surface area contributed by atoms with E-state index in [9.17, 15) is 4.79 Å². The maximum Gasteiger partial charge on any atom is 0.341 e. The fourth-order valence-electron chi connectivity index (χ4n) is 1.83. The van der Waals surface area contributed by atoms with Gasteiger partial charge in [-0.25, -0.2) is 14.8 Å².